The first-order valence-corrected chi connectivity index (χ1v) is 6.95. The van der Waals surface area contributed by atoms with Gasteiger partial charge in [-0.25, -0.2) is 4.39 Å². The Hall–Kier alpha value is -1.62. The van der Waals surface area contributed by atoms with Gasteiger partial charge in [-0.05, 0) is 38.3 Å². The van der Waals surface area contributed by atoms with Crippen LogP contribution in [0.2, 0.25) is 0 Å². The van der Waals surface area contributed by atoms with Crippen molar-refractivity contribution in [2.75, 3.05) is 13.2 Å². The number of rotatable bonds is 6. The van der Waals surface area contributed by atoms with Gasteiger partial charge < -0.3 is 14.7 Å². The van der Waals surface area contributed by atoms with E-state index in [0.29, 0.717) is 12.3 Å². The smallest absolute Gasteiger partial charge is 0.263 e. The van der Waals surface area contributed by atoms with E-state index in [0.717, 1.165) is 19.3 Å². The summed E-state index contributed by atoms with van der Waals surface area (Å²) < 4.78 is 18.6. The van der Waals surface area contributed by atoms with Crippen LogP contribution in [0, 0.1) is 5.82 Å². The SMILES string of the molecule is CC(Oc1cccc(F)c1)C(=O)N(CCO)C1CCC1. The fourth-order valence-corrected chi connectivity index (χ4v) is 2.31. The summed E-state index contributed by atoms with van der Waals surface area (Å²) in [6, 6.07) is 5.94. The Morgan fingerprint density at radius 1 is 1.55 bits per heavy atom. The maximum absolute atomic E-state index is 13.1. The summed E-state index contributed by atoms with van der Waals surface area (Å²) in [4.78, 5) is 14.0. The first kappa shape index (κ1) is 14.8. The number of carbonyl (C=O) groups excluding carboxylic acids is 1. The number of benzene rings is 1. The second kappa shape index (κ2) is 6.70. The average Bonchev–Trinajstić information content (AvgIpc) is 2.35. The highest BCUT2D eigenvalue weighted by Gasteiger charge is 2.31. The minimum absolute atomic E-state index is 0.0606. The van der Waals surface area contributed by atoms with Gasteiger partial charge >= 0.3 is 0 Å². The van der Waals surface area contributed by atoms with Crippen molar-refractivity contribution in [3.8, 4) is 5.75 Å². The molecule has 1 aliphatic carbocycles. The summed E-state index contributed by atoms with van der Waals surface area (Å²) in [5, 5.41) is 9.08. The number of hydrogen-bond acceptors (Lipinski definition) is 3. The van der Waals surface area contributed by atoms with Crippen molar-refractivity contribution in [3.63, 3.8) is 0 Å². The standard InChI is InChI=1S/C15H20FNO3/c1-11(20-14-7-2-4-12(16)10-14)15(19)17(8-9-18)13-5-3-6-13/h2,4,7,10-11,13,18H,3,5-6,8-9H2,1H3. The van der Waals surface area contributed by atoms with Crippen LogP contribution >= 0.6 is 0 Å². The van der Waals surface area contributed by atoms with Crippen molar-refractivity contribution in [3.05, 3.63) is 30.1 Å². The summed E-state index contributed by atoms with van der Waals surface area (Å²) in [5.74, 6) is -0.218. The molecule has 1 fully saturated rings. The lowest BCUT2D eigenvalue weighted by Crippen LogP contribution is -2.50. The molecule has 1 unspecified atom stereocenters. The van der Waals surface area contributed by atoms with Crippen LogP contribution in [0.5, 0.6) is 5.75 Å². The average molecular weight is 281 g/mol. The van der Waals surface area contributed by atoms with Gasteiger partial charge in [0.1, 0.15) is 11.6 Å². The van der Waals surface area contributed by atoms with E-state index in [-0.39, 0.29) is 18.6 Å². The van der Waals surface area contributed by atoms with Crippen molar-refractivity contribution in [1.82, 2.24) is 4.90 Å². The summed E-state index contributed by atoms with van der Waals surface area (Å²) in [6.07, 6.45) is 2.36. The van der Waals surface area contributed by atoms with Crippen LogP contribution in [0.1, 0.15) is 26.2 Å². The van der Waals surface area contributed by atoms with Gasteiger partial charge in [-0.1, -0.05) is 6.07 Å². The number of nitrogens with zero attached hydrogens (tertiary/aromatic N) is 1. The molecule has 4 nitrogen and oxygen atoms in total. The molecule has 1 aliphatic rings. The van der Waals surface area contributed by atoms with Gasteiger partial charge in [-0.2, -0.15) is 0 Å². The van der Waals surface area contributed by atoms with Crippen LogP contribution in [-0.4, -0.2) is 41.2 Å². The van der Waals surface area contributed by atoms with E-state index in [2.05, 4.69) is 0 Å². The highest BCUT2D eigenvalue weighted by molar-refractivity contribution is 5.81. The van der Waals surface area contributed by atoms with Gasteiger partial charge in [0.25, 0.3) is 5.91 Å². The molecule has 2 rings (SSSR count). The Labute approximate surface area is 118 Å². The Morgan fingerprint density at radius 3 is 2.85 bits per heavy atom. The van der Waals surface area contributed by atoms with Crippen LogP contribution in [-0.2, 0) is 4.79 Å². The first-order chi connectivity index (χ1) is 9.61. The van der Waals surface area contributed by atoms with E-state index >= 15 is 0 Å². The van der Waals surface area contributed by atoms with E-state index in [9.17, 15) is 9.18 Å². The van der Waals surface area contributed by atoms with E-state index in [1.165, 1.54) is 12.1 Å². The quantitative estimate of drug-likeness (QED) is 0.867. The third-order valence-corrected chi connectivity index (χ3v) is 3.60. The Balaban J connectivity index is 1.99. The van der Waals surface area contributed by atoms with Gasteiger partial charge in [-0.15, -0.1) is 0 Å². The van der Waals surface area contributed by atoms with Crippen molar-refractivity contribution in [2.24, 2.45) is 0 Å². The largest absolute Gasteiger partial charge is 0.481 e. The third-order valence-electron chi connectivity index (χ3n) is 3.60. The molecule has 0 radical (unpaired) electrons. The predicted octanol–water partition coefficient (Wildman–Crippen LogP) is 1.97. The maximum atomic E-state index is 13.1. The fraction of sp³-hybridized carbons (Fsp3) is 0.533. The van der Waals surface area contributed by atoms with Crippen molar-refractivity contribution < 1.29 is 19.0 Å². The van der Waals surface area contributed by atoms with Crippen LogP contribution in [0.3, 0.4) is 0 Å². The number of carbonyl (C=O) groups is 1. The monoisotopic (exact) mass is 281 g/mol. The second-order valence-corrected chi connectivity index (χ2v) is 5.06. The zero-order valence-corrected chi connectivity index (χ0v) is 11.6. The summed E-state index contributed by atoms with van der Waals surface area (Å²) >= 11 is 0. The molecule has 0 saturated heterocycles. The molecule has 0 bridgehead atoms. The third kappa shape index (κ3) is 3.48. The Bertz CT molecular complexity index is 462. The van der Waals surface area contributed by atoms with E-state index in [1.54, 1.807) is 24.0 Å². The van der Waals surface area contributed by atoms with Crippen LogP contribution in [0.4, 0.5) is 4.39 Å². The molecule has 1 aromatic rings. The molecule has 5 heteroatoms. The molecule has 110 valence electrons. The van der Waals surface area contributed by atoms with Crippen LogP contribution < -0.4 is 4.74 Å². The molecule has 0 aliphatic heterocycles. The van der Waals surface area contributed by atoms with Crippen molar-refractivity contribution in [1.29, 1.82) is 0 Å². The molecular weight excluding hydrogens is 261 g/mol. The molecule has 1 amide bonds. The maximum Gasteiger partial charge on any atom is 0.263 e. The minimum atomic E-state index is -0.691. The molecule has 1 atom stereocenters. The highest BCUT2D eigenvalue weighted by atomic mass is 19.1. The second-order valence-electron chi connectivity index (χ2n) is 5.06. The number of aliphatic hydroxyl groups excluding tert-OH is 1. The van der Waals surface area contributed by atoms with Crippen LogP contribution in [0.15, 0.2) is 24.3 Å². The molecule has 0 aromatic heterocycles. The molecule has 0 spiro atoms. The number of amides is 1. The number of halogens is 1. The van der Waals surface area contributed by atoms with Gasteiger partial charge in [-0.3, -0.25) is 4.79 Å². The summed E-state index contributed by atoms with van der Waals surface area (Å²) in [6.45, 7) is 1.91. The Morgan fingerprint density at radius 2 is 2.30 bits per heavy atom. The van der Waals surface area contributed by atoms with Crippen molar-refractivity contribution >= 4 is 5.91 Å². The van der Waals surface area contributed by atoms with E-state index in [4.69, 9.17) is 9.84 Å². The molecule has 1 saturated carbocycles. The highest BCUT2D eigenvalue weighted by Crippen LogP contribution is 2.25. The zero-order chi connectivity index (χ0) is 14.5. The number of hydrogen-bond donors (Lipinski definition) is 1. The fourth-order valence-electron chi connectivity index (χ4n) is 2.31. The Kier molecular flexibility index (Phi) is 4.95. The topological polar surface area (TPSA) is 49.8 Å². The van der Waals surface area contributed by atoms with Gasteiger partial charge in [0.05, 0.1) is 6.61 Å². The van der Waals surface area contributed by atoms with Crippen LogP contribution in [0.25, 0.3) is 0 Å². The molecule has 20 heavy (non-hydrogen) atoms. The molecule has 0 heterocycles. The number of aliphatic hydroxyl groups is 1. The summed E-state index contributed by atoms with van der Waals surface area (Å²) in [7, 11) is 0. The normalized spacial score (nSPS) is 16.4. The lowest BCUT2D eigenvalue weighted by Gasteiger charge is -2.38. The van der Waals surface area contributed by atoms with Crippen molar-refractivity contribution in [2.45, 2.75) is 38.3 Å². The van der Waals surface area contributed by atoms with Gasteiger partial charge in [0.15, 0.2) is 6.10 Å². The van der Waals surface area contributed by atoms with Gasteiger partial charge in [0.2, 0.25) is 0 Å². The summed E-state index contributed by atoms with van der Waals surface area (Å²) in [5.41, 5.74) is 0. The predicted molar refractivity (Wildman–Crippen MR) is 72.9 cm³/mol. The zero-order valence-electron chi connectivity index (χ0n) is 11.6. The lowest BCUT2D eigenvalue weighted by molar-refractivity contribution is -0.142. The molecule has 1 N–H and O–H groups in total. The minimum Gasteiger partial charge on any atom is -0.481 e. The van der Waals surface area contributed by atoms with E-state index < -0.39 is 11.9 Å². The lowest BCUT2D eigenvalue weighted by atomic mass is 9.91. The van der Waals surface area contributed by atoms with Gasteiger partial charge in [0, 0.05) is 18.7 Å². The van der Waals surface area contributed by atoms with E-state index in [1.807, 2.05) is 0 Å². The number of ether oxygens (including phenoxy) is 1. The first-order valence-electron chi connectivity index (χ1n) is 6.95. The molecular formula is C15H20FNO3. The molecule has 1 aromatic carbocycles.